The van der Waals surface area contributed by atoms with Crippen LogP contribution in [0.5, 0.6) is 5.75 Å². The standard InChI is InChI=1S/C16H19N3O2/c1-11(2)18-8-7-12(15(18)17)16(20)19-9-10-21-14-6-4-3-5-13(14)19/h3-8,11H,9-10,17H2,1-2H3. The molecular formula is C16H19N3O2. The molecule has 5 nitrogen and oxygen atoms in total. The van der Waals surface area contributed by atoms with Crippen molar-refractivity contribution in [1.82, 2.24) is 4.57 Å². The summed E-state index contributed by atoms with van der Waals surface area (Å²) in [6.07, 6.45) is 1.86. The molecular weight excluding hydrogens is 266 g/mol. The van der Waals surface area contributed by atoms with Gasteiger partial charge >= 0.3 is 0 Å². The Morgan fingerprint density at radius 2 is 2.05 bits per heavy atom. The monoisotopic (exact) mass is 285 g/mol. The van der Waals surface area contributed by atoms with E-state index < -0.39 is 0 Å². The van der Waals surface area contributed by atoms with Crippen LogP contribution in [0.25, 0.3) is 0 Å². The number of nitrogens with zero attached hydrogens (tertiary/aromatic N) is 2. The number of carbonyl (C=O) groups excluding carboxylic acids is 1. The fourth-order valence-electron chi connectivity index (χ4n) is 2.62. The van der Waals surface area contributed by atoms with E-state index in [9.17, 15) is 4.79 Å². The van der Waals surface area contributed by atoms with E-state index in [1.165, 1.54) is 0 Å². The van der Waals surface area contributed by atoms with Crippen molar-refractivity contribution in [3.63, 3.8) is 0 Å². The van der Waals surface area contributed by atoms with Crippen molar-refractivity contribution in [3.8, 4) is 5.75 Å². The van der Waals surface area contributed by atoms with E-state index in [1.54, 1.807) is 11.0 Å². The zero-order chi connectivity index (χ0) is 15.0. The smallest absolute Gasteiger partial charge is 0.262 e. The molecule has 1 aromatic carbocycles. The predicted octanol–water partition coefficient (Wildman–Crippen LogP) is 2.69. The van der Waals surface area contributed by atoms with Gasteiger partial charge in [0.1, 0.15) is 18.2 Å². The first-order chi connectivity index (χ1) is 10.1. The minimum Gasteiger partial charge on any atom is -0.490 e. The van der Waals surface area contributed by atoms with E-state index >= 15 is 0 Å². The summed E-state index contributed by atoms with van der Waals surface area (Å²) >= 11 is 0. The number of aromatic nitrogens is 1. The molecule has 0 atom stereocenters. The fourth-order valence-corrected chi connectivity index (χ4v) is 2.62. The molecule has 2 aromatic rings. The van der Waals surface area contributed by atoms with E-state index in [1.807, 2.05) is 48.9 Å². The zero-order valence-corrected chi connectivity index (χ0v) is 12.2. The zero-order valence-electron chi connectivity index (χ0n) is 12.2. The van der Waals surface area contributed by atoms with E-state index in [-0.39, 0.29) is 11.9 Å². The topological polar surface area (TPSA) is 60.5 Å². The highest BCUT2D eigenvalue weighted by Crippen LogP contribution is 2.33. The number of benzene rings is 1. The van der Waals surface area contributed by atoms with Gasteiger partial charge in [0.25, 0.3) is 5.91 Å². The summed E-state index contributed by atoms with van der Waals surface area (Å²) < 4.78 is 7.49. The predicted molar refractivity (Wildman–Crippen MR) is 82.8 cm³/mol. The van der Waals surface area contributed by atoms with Crippen LogP contribution in [0.4, 0.5) is 11.5 Å². The number of hydrogen-bond donors (Lipinski definition) is 1. The molecule has 21 heavy (non-hydrogen) atoms. The van der Waals surface area contributed by atoms with Gasteiger partial charge in [0, 0.05) is 12.2 Å². The van der Waals surface area contributed by atoms with E-state index in [0.29, 0.717) is 24.5 Å². The molecule has 0 radical (unpaired) electrons. The average molecular weight is 285 g/mol. The molecule has 2 heterocycles. The number of nitrogens with two attached hydrogens (primary N) is 1. The quantitative estimate of drug-likeness (QED) is 0.923. The van der Waals surface area contributed by atoms with Crippen LogP contribution in [0.2, 0.25) is 0 Å². The number of hydrogen-bond acceptors (Lipinski definition) is 3. The molecule has 0 fully saturated rings. The lowest BCUT2D eigenvalue weighted by atomic mass is 10.2. The number of ether oxygens (including phenoxy) is 1. The van der Waals surface area contributed by atoms with Crippen LogP contribution >= 0.6 is 0 Å². The van der Waals surface area contributed by atoms with Gasteiger partial charge < -0.3 is 19.9 Å². The van der Waals surface area contributed by atoms with Gasteiger partial charge in [-0.2, -0.15) is 0 Å². The summed E-state index contributed by atoms with van der Waals surface area (Å²) in [5, 5.41) is 0. The Morgan fingerprint density at radius 3 is 2.76 bits per heavy atom. The number of para-hydroxylation sites is 2. The van der Waals surface area contributed by atoms with Crippen molar-refractivity contribution < 1.29 is 9.53 Å². The highest BCUT2D eigenvalue weighted by Gasteiger charge is 2.26. The van der Waals surface area contributed by atoms with Crippen molar-refractivity contribution in [1.29, 1.82) is 0 Å². The Labute approximate surface area is 123 Å². The Bertz CT molecular complexity index is 676. The van der Waals surface area contributed by atoms with Gasteiger partial charge in [0.2, 0.25) is 0 Å². The van der Waals surface area contributed by atoms with Crippen LogP contribution < -0.4 is 15.4 Å². The Hall–Kier alpha value is -2.43. The molecule has 1 aromatic heterocycles. The first kappa shape index (κ1) is 13.5. The van der Waals surface area contributed by atoms with Crippen LogP contribution in [0.1, 0.15) is 30.2 Å². The van der Waals surface area contributed by atoms with Crippen LogP contribution in [-0.4, -0.2) is 23.6 Å². The van der Waals surface area contributed by atoms with Crippen molar-refractivity contribution in [3.05, 3.63) is 42.1 Å². The van der Waals surface area contributed by atoms with Crippen molar-refractivity contribution in [2.45, 2.75) is 19.9 Å². The van der Waals surface area contributed by atoms with Crippen LogP contribution in [-0.2, 0) is 0 Å². The van der Waals surface area contributed by atoms with Gasteiger partial charge in [-0.1, -0.05) is 12.1 Å². The molecule has 2 N–H and O–H groups in total. The molecule has 1 amide bonds. The Balaban J connectivity index is 1.97. The van der Waals surface area contributed by atoms with Crippen LogP contribution in [0.15, 0.2) is 36.5 Å². The lowest BCUT2D eigenvalue weighted by Crippen LogP contribution is -2.38. The first-order valence-electron chi connectivity index (χ1n) is 7.09. The second-order valence-corrected chi connectivity index (χ2v) is 5.39. The summed E-state index contributed by atoms with van der Waals surface area (Å²) in [5.41, 5.74) is 7.45. The minimum absolute atomic E-state index is 0.0809. The molecule has 110 valence electrons. The molecule has 0 saturated carbocycles. The molecule has 0 aliphatic carbocycles. The summed E-state index contributed by atoms with van der Waals surface area (Å²) in [5.74, 6) is 1.17. The lowest BCUT2D eigenvalue weighted by Gasteiger charge is -2.29. The summed E-state index contributed by atoms with van der Waals surface area (Å²) in [6.45, 7) is 5.10. The van der Waals surface area contributed by atoms with Crippen LogP contribution in [0, 0.1) is 0 Å². The highest BCUT2D eigenvalue weighted by molar-refractivity contribution is 6.09. The van der Waals surface area contributed by atoms with Gasteiger partial charge in [0.15, 0.2) is 0 Å². The molecule has 1 aliphatic rings. The third-order valence-electron chi connectivity index (χ3n) is 3.72. The average Bonchev–Trinajstić information content (AvgIpc) is 2.88. The van der Waals surface area contributed by atoms with E-state index in [0.717, 1.165) is 11.4 Å². The van der Waals surface area contributed by atoms with Gasteiger partial charge in [-0.05, 0) is 32.0 Å². The number of amides is 1. The first-order valence-corrected chi connectivity index (χ1v) is 7.09. The molecule has 0 spiro atoms. The second kappa shape index (κ2) is 5.16. The number of rotatable bonds is 2. The third kappa shape index (κ3) is 2.24. The van der Waals surface area contributed by atoms with E-state index in [2.05, 4.69) is 0 Å². The van der Waals surface area contributed by atoms with Gasteiger partial charge in [-0.15, -0.1) is 0 Å². The van der Waals surface area contributed by atoms with Crippen molar-refractivity contribution >= 4 is 17.4 Å². The number of carbonyl (C=O) groups is 1. The van der Waals surface area contributed by atoms with Gasteiger partial charge in [-0.3, -0.25) is 4.79 Å². The molecule has 0 unspecified atom stereocenters. The lowest BCUT2D eigenvalue weighted by molar-refractivity contribution is 0.0977. The van der Waals surface area contributed by atoms with Crippen molar-refractivity contribution in [2.24, 2.45) is 0 Å². The second-order valence-electron chi connectivity index (χ2n) is 5.39. The van der Waals surface area contributed by atoms with E-state index in [4.69, 9.17) is 10.5 Å². The summed E-state index contributed by atoms with van der Waals surface area (Å²) in [4.78, 5) is 14.5. The van der Waals surface area contributed by atoms with Crippen LogP contribution in [0.3, 0.4) is 0 Å². The Kier molecular flexibility index (Phi) is 3.33. The molecule has 0 saturated heterocycles. The largest absolute Gasteiger partial charge is 0.490 e. The number of nitrogen functional groups attached to an aromatic ring is 1. The SMILES string of the molecule is CC(C)n1ccc(C(=O)N2CCOc3ccccc32)c1N. The maximum absolute atomic E-state index is 12.8. The van der Waals surface area contributed by atoms with Crippen molar-refractivity contribution in [2.75, 3.05) is 23.8 Å². The fraction of sp³-hybridized carbons (Fsp3) is 0.312. The number of anilines is 2. The maximum atomic E-state index is 12.8. The number of fused-ring (bicyclic) bond motifs is 1. The molecule has 3 rings (SSSR count). The van der Waals surface area contributed by atoms with Gasteiger partial charge in [-0.25, -0.2) is 0 Å². The summed E-state index contributed by atoms with van der Waals surface area (Å²) in [6, 6.07) is 9.57. The maximum Gasteiger partial charge on any atom is 0.262 e. The third-order valence-corrected chi connectivity index (χ3v) is 3.72. The molecule has 1 aliphatic heterocycles. The molecule has 5 heteroatoms. The minimum atomic E-state index is -0.0809. The normalized spacial score (nSPS) is 14.0. The highest BCUT2D eigenvalue weighted by atomic mass is 16.5. The molecule has 0 bridgehead atoms. The summed E-state index contributed by atoms with van der Waals surface area (Å²) in [7, 11) is 0. The van der Waals surface area contributed by atoms with Gasteiger partial charge in [0.05, 0.1) is 17.8 Å². The Morgan fingerprint density at radius 1 is 1.29 bits per heavy atom.